The Bertz CT molecular complexity index is 596. The lowest BCUT2D eigenvalue weighted by atomic mass is 10.1. The Morgan fingerprint density at radius 3 is 2.58 bits per heavy atom. The van der Waals surface area contributed by atoms with Gasteiger partial charge in [0.15, 0.2) is 0 Å². The van der Waals surface area contributed by atoms with Crippen molar-refractivity contribution in [1.82, 2.24) is 4.31 Å². The minimum Gasteiger partial charge on any atom is -0.369 e. The van der Waals surface area contributed by atoms with E-state index in [4.69, 9.17) is 4.74 Å². The molecular formula is C13H15NO4S. The molecule has 0 amide bonds. The first-order valence-electron chi connectivity index (χ1n) is 6.21. The van der Waals surface area contributed by atoms with E-state index in [2.05, 4.69) is 0 Å². The topological polar surface area (TPSA) is 63.4 Å². The number of carbonyl (C=O) groups is 1. The second-order valence-electron chi connectivity index (χ2n) is 5.03. The number of ether oxygens (including phenoxy) is 1. The van der Waals surface area contributed by atoms with Crippen LogP contribution >= 0.6 is 0 Å². The molecule has 0 bridgehead atoms. The molecule has 0 aliphatic carbocycles. The predicted octanol–water partition coefficient (Wildman–Crippen LogP) is 0.724. The van der Waals surface area contributed by atoms with E-state index in [1.807, 2.05) is 6.92 Å². The highest BCUT2D eigenvalue weighted by atomic mass is 32.2. The van der Waals surface area contributed by atoms with Crippen LogP contribution < -0.4 is 0 Å². The third kappa shape index (κ3) is 2.09. The lowest BCUT2D eigenvalue weighted by Gasteiger charge is -2.13. The van der Waals surface area contributed by atoms with E-state index < -0.39 is 16.1 Å². The highest BCUT2D eigenvalue weighted by molar-refractivity contribution is 7.89. The van der Waals surface area contributed by atoms with E-state index in [9.17, 15) is 13.2 Å². The maximum Gasteiger partial charge on any atom is 0.243 e. The van der Waals surface area contributed by atoms with Crippen LogP contribution in [0.2, 0.25) is 0 Å². The van der Waals surface area contributed by atoms with Crippen molar-refractivity contribution in [2.75, 3.05) is 6.61 Å². The molecule has 0 spiro atoms. The van der Waals surface area contributed by atoms with E-state index in [1.165, 1.54) is 4.31 Å². The molecule has 2 saturated heterocycles. The zero-order chi connectivity index (χ0) is 13.6. The highest BCUT2D eigenvalue weighted by Gasteiger charge is 2.58. The van der Waals surface area contributed by atoms with Crippen molar-refractivity contribution >= 4 is 16.3 Å². The molecule has 3 rings (SSSR count). The number of benzene rings is 1. The fourth-order valence-corrected chi connectivity index (χ4v) is 4.38. The van der Waals surface area contributed by atoms with Gasteiger partial charge >= 0.3 is 0 Å². The molecule has 0 saturated carbocycles. The van der Waals surface area contributed by atoms with Crippen molar-refractivity contribution in [1.29, 1.82) is 0 Å². The molecule has 0 N–H and O–H groups in total. The van der Waals surface area contributed by atoms with Crippen LogP contribution in [0.1, 0.15) is 12.0 Å². The summed E-state index contributed by atoms with van der Waals surface area (Å²) >= 11 is 0. The number of aryl methyl sites for hydroxylation is 1. The summed E-state index contributed by atoms with van der Waals surface area (Å²) in [4.78, 5) is 11.0. The van der Waals surface area contributed by atoms with Crippen LogP contribution in [0.5, 0.6) is 0 Å². The first kappa shape index (κ1) is 12.8. The fraction of sp³-hybridized carbons (Fsp3) is 0.462. The molecule has 2 fully saturated rings. The minimum absolute atomic E-state index is 0.0877. The van der Waals surface area contributed by atoms with Gasteiger partial charge in [0, 0.05) is 6.04 Å². The number of fused-ring (bicyclic) bond motifs is 1. The van der Waals surface area contributed by atoms with Crippen molar-refractivity contribution in [3.8, 4) is 0 Å². The van der Waals surface area contributed by atoms with Crippen LogP contribution in [0.4, 0.5) is 0 Å². The van der Waals surface area contributed by atoms with Gasteiger partial charge in [0.25, 0.3) is 0 Å². The SMILES string of the molecule is Cc1ccc(S(=O)(=O)N2[C@@H]3CO[C@@H](C=O)C[C@@H]32)cc1. The summed E-state index contributed by atoms with van der Waals surface area (Å²) in [7, 11) is -3.46. The number of carbonyl (C=O) groups excluding carboxylic acids is 1. The van der Waals surface area contributed by atoms with Crippen molar-refractivity contribution in [2.45, 2.75) is 36.4 Å². The number of sulfonamides is 1. The molecule has 2 aliphatic rings. The van der Waals surface area contributed by atoms with E-state index >= 15 is 0 Å². The Morgan fingerprint density at radius 2 is 1.95 bits per heavy atom. The predicted molar refractivity (Wildman–Crippen MR) is 68.2 cm³/mol. The molecule has 5 nitrogen and oxygen atoms in total. The molecule has 4 atom stereocenters. The van der Waals surface area contributed by atoms with Gasteiger partial charge in [0.05, 0.1) is 17.5 Å². The monoisotopic (exact) mass is 281 g/mol. The van der Waals surface area contributed by atoms with E-state index in [1.54, 1.807) is 24.3 Å². The standard InChI is InChI=1S/C13H15NO4S/c1-9-2-4-11(5-3-9)19(16,17)14-12-6-10(7-15)18-8-13(12)14/h2-5,7,10,12-13H,6,8H2,1H3/t10-,12+,13-,14?/m1/s1. The van der Waals surface area contributed by atoms with Gasteiger partial charge in [0.1, 0.15) is 12.4 Å². The Labute approximate surface area is 112 Å². The summed E-state index contributed by atoms with van der Waals surface area (Å²) < 4.78 is 31.6. The van der Waals surface area contributed by atoms with Gasteiger partial charge in [0.2, 0.25) is 10.0 Å². The summed E-state index contributed by atoms with van der Waals surface area (Å²) in [6, 6.07) is 6.60. The number of rotatable bonds is 3. The van der Waals surface area contributed by atoms with Crippen LogP contribution in [0.15, 0.2) is 29.2 Å². The van der Waals surface area contributed by atoms with Crippen LogP contribution in [0, 0.1) is 6.92 Å². The van der Waals surface area contributed by atoms with Crippen LogP contribution in [0.3, 0.4) is 0 Å². The van der Waals surface area contributed by atoms with Crippen molar-refractivity contribution in [3.05, 3.63) is 29.8 Å². The molecule has 19 heavy (non-hydrogen) atoms. The van der Waals surface area contributed by atoms with Gasteiger partial charge in [-0.3, -0.25) is 0 Å². The summed E-state index contributed by atoms with van der Waals surface area (Å²) in [6.45, 7) is 2.22. The summed E-state index contributed by atoms with van der Waals surface area (Å²) in [5.74, 6) is 0. The molecule has 6 heteroatoms. The van der Waals surface area contributed by atoms with Gasteiger partial charge in [-0.2, -0.15) is 4.31 Å². The molecule has 1 aromatic carbocycles. The maximum absolute atomic E-state index is 12.4. The third-order valence-electron chi connectivity index (χ3n) is 3.71. The summed E-state index contributed by atoms with van der Waals surface area (Å²) in [5, 5.41) is 0. The second-order valence-corrected chi connectivity index (χ2v) is 6.87. The van der Waals surface area contributed by atoms with E-state index in [0.29, 0.717) is 17.9 Å². The molecule has 2 heterocycles. The lowest BCUT2D eigenvalue weighted by Crippen LogP contribution is -2.25. The zero-order valence-corrected chi connectivity index (χ0v) is 11.3. The van der Waals surface area contributed by atoms with Gasteiger partial charge in [-0.1, -0.05) is 17.7 Å². The van der Waals surface area contributed by atoms with Crippen molar-refractivity contribution < 1.29 is 17.9 Å². The largest absolute Gasteiger partial charge is 0.369 e. The number of hydrogen-bond acceptors (Lipinski definition) is 4. The fourth-order valence-electron chi connectivity index (χ4n) is 2.57. The van der Waals surface area contributed by atoms with Gasteiger partial charge in [-0.25, -0.2) is 8.42 Å². The zero-order valence-electron chi connectivity index (χ0n) is 10.5. The molecular weight excluding hydrogens is 266 g/mol. The molecule has 0 aromatic heterocycles. The maximum atomic E-state index is 12.4. The quantitative estimate of drug-likeness (QED) is 0.605. The smallest absolute Gasteiger partial charge is 0.243 e. The van der Waals surface area contributed by atoms with Gasteiger partial charge in [-0.05, 0) is 25.5 Å². The summed E-state index contributed by atoms with van der Waals surface area (Å²) in [5.41, 5.74) is 1.02. The molecule has 102 valence electrons. The average molecular weight is 281 g/mol. The molecule has 1 unspecified atom stereocenters. The highest BCUT2D eigenvalue weighted by Crippen LogP contribution is 2.41. The Balaban J connectivity index is 1.83. The normalized spacial score (nSPS) is 33.5. The number of nitrogens with zero attached hydrogens (tertiary/aromatic N) is 1. The van der Waals surface area contributed by atoms with E-state index in [0.717, 1.165) is 11.8 Å². The number of hydrogen-bond donors (Lipinski definition) is 0. The first-order valence-corrected chi connectivity index (χ1v) is 7.65. The third-order valence-corrected chi connectivity index (χ3v) is 5.68. The number of aldehydes is 1. The van der Waals surface area contributed by atoms with Crippen molar-refractivity contribution in [2.24, 2.45) is 0 Å². The Morgan fingerprint density at radius 1 is 1.26 bits per heavy atom. The molecule has 1 aromatic rings. The van der Waals surface area contributed by atoms with Gasteiger partial charge < -0.3 is 9.53 Å². The molecule has 2 aliphatic heterocycles. The van der Waals surface area contributed by atoms with Gasteiger partial charge in [-0.15, -0.1) is 0 Å². The van der Waals surface area contributed by atoms with Crippen molar-refractivity contribution in [3.63, 3.8) is 0 Å². The van der Waals surface area contributed by atoms with Crippen LogP contribution in [-0.2, 0) is 19.6 Å². The van der Waals surface area contributed by atoms with E-state index in [-0.39, 0.29) is 12.1 Å². The minimum atomic E-state index is -3.46. The Kier molecular flexibility index (Phi) is 2.96. The van der Waals surface area contributed by atoms with Crippen LogP contribution in [-0.4, -0.2) is 43.8 Å². The van der Waals surface area contributed by atoms with Crippen LogP contribution in [0.25, 0.3) is 0 Å². The Hall–Kier alpha value is -1.24. The second kappa shape index (κ2) is 4.40. The lowest BCUT2D eigenvalue weighted by molar-refractivity contribution is -0.119. The molecule has 0 radical (unpaired) electrons. The summed E-state index contributed by atoms with van der Waals surface area (Å²) in [6.07, 6.45) is 0.726. The first-order chi connectivity index (χ1) is 9.04. The average Bonchev–Trinajstić information content (AvgIpc) is 3.13.